The number of H-pyrrole nitrogens is 1. The third-order valence-electron chi connectivity index (χ3n) is 5.86. The molecular formula is C18H24N6O. The zero-order chi connectivity index (χ0) is 16.8. The maximum Gasteiger partial charge on any atom is 0.227 e. The number of aromatic nitrogens is 4. The summed E-state index contributed by atoms with van der Waals surface area (Å²) in [7, 11) is 0. The number of nitrogens with one attached hydrogen (secondary N) is 1. The molecule has 1 unspecified atom stereocenters. The van der Waals surface area contributed by atoms with E-state index in [1.165, 1.54) is 29.8 Å². The lowest BCUT2D eigenvalue weighted by Crippen LogP contribution is -2.23. The molecule has 2 aliphatic heterocycles. The fourth-order valence-corrected chi connectivity index (χ4v) is 4.49. The predicted molar refractivity (Wildman–Crippen MR) is 93.4 cm³/mol. The van der Waals surface area contributed by atoms with E-state index in [1.54, 1.807) is 0 Å². The van der Waals surface area contributed by atoms with Gasteiger partial charge in [-0.15, -0.1) is 0 Å². The highest BCUT2D eigenvalue weighted by atomic mass is 16.2. The van der Waals surface area contributed by atoms with Gasteiger partial charge in [-0.2, -0.15) is 10.2 Å². The summed E-state index contributed by atoms with van der Waals surface area (Å²) in [5.74, 6) is 0.222. The molecule has 0 spiro atoms. The maximum atomic E-state index is 11.9. The topological polar surface area (TPSA) is 70.1 Å². The van der Waals surface area contributed by atoms with E-state index >= 15 is 0 Å². The zero-order valence-corrected chi connectivity index (χ0v) is 14.4. The van der Waals surface area contributed by atoms with E-state index in [0.29, 0.717) is 12.5 Å². The van der Waals surface area contributed by atoms with Crippen molar-refractivity contribution in [2.75, 3.05) is 24.5 Å². The van der Waals surface area contributed by atoms with Crippen LogP contribution in [0.3, 0.4) is 0 Å². The lowest BCUT2D eigenvalue weighted by molar-refractivity contribution is -0.117. The predicted octanol–water partition coefficient (Wildman–Crippen LogP) is 1.67. The molecule has 7 heteroatoms. The molecular weight excluding hydrogens is 316 g/mol. The minimum atomic E-state index is 0.222. The normalized spacial score (nSPS) is 23.8. The van der Waals surface area contributed by atoms with Crippen molar-refractivity contribution in [3.63, 3.8) is 0 Å². The number of nitrogens with zero attached hydrogens (tertiary/aromatic N) is 5. The van der Waals surface area contributed by atoms with Crippen molar-refractivity contribution < 1.29 is 4.79 Å². The highest BCUT2D eigenvalue weighted by molar-refractivity contribution is 5.95. The van der Waals surface area contributed by atoms with Crippen LogP contribution in [0.4, 0.5) is 5.69 Å². The molecule has 0 radical (unpaired) electrons. The maximum absolute atomic E-state index is 11.9. The van der Waals surface area contributed by atoms with Crippen LogP contribution in [-0.4, -0.2) is 50.4 Å². The molecule has 2 fully saturated rings. The van der Waals surface area contributed by atoms with Gasteiger partial charge in [0.15, 0.2) is 0 Å². The summed E-state index contributed by atoms with van der Waals surface area (Å²) in [5, 5.41) is 12.3. The number of fused-ring (bicyclic) bond motifs is 1. The van der Waals surface area contributed by atoms with Crippen molar-refractivity contribution in [3.8, 4) is 0 Å². The Kier molecular flexibility index (Phi) is 3.62. The molecule has 1 atom stereocenters. The van der Waals surface area contributed by atoms with E-state index < -0.39 is 0 Å². The van der Waals surface area contributed by atoms with Crippen LogP contribution in [0.25, 0.3) is 0 Å². The van der Waals surface area contributed by atoms with E-state index in [0.717, 1.165) is 51.1 Å². The summed E-state index contributed by atoms with van der Waals surface area (Å²) in [6, 6.07) is 0.387. The Hall–Kier alpha value is -2.15. The molecule has 1 amide bonds. The third kappa shape index (κ3) is 2.66. The Morgan fingerprint density at radius 3 is 3.04 bits per heavy atom. The fraction of sp³-hybridized carbons (Fsp3) is 0.611. The zero-order valence-electron chi connectivity index (χ0n) is 14.4. The van der Waals surface area contributed by atoms with E-state index in [1.807, 2.05) is 17.3 Å². The molecule has 5 rings (SSSR count). The fourth-order valence-electron chi connectivity index (χ4n) is 4.49. The van der Waals surface area contributed by atoms with Gasteiger partial charge in [0.2, 0.25) is 5.91 Å². The second-order valence-corrected chi connectivity index (χ2v) is 7.49. The van der Waals surface area contributed by atoms with Gasteiger partial charge >= 0.3 is 0 Å². The van der Waals surface area contributed by atoms with Crippen LogP contribution in [0.15, 0.2) is 12.4 Å². The van der Waals surface area contributed by atoms with E-state index in [9.17, 15) is 4.79 Å². The van der Waals surface area contributed by atoms with Crippen LogP contribution >= 0.6 is 0 Å². The van der Waals surface area contributed by atoms with Gasteiger partial charge in [-0.3, -0.25) is 19.5 Å². The van der Waals surface area contributed by atoms with E-state index in [-0.39, 0.29) is 5.91 Å². The minimum absolute atomic E-state index is 0.222. The molecule has 7 nitrogen and oxygen atoms in total. The van der Waals surface area contributed by atoms with Crippen molar-refractivity contribution in [1.82, 2.24) is 24.9 Å². The Labute approximate surface area is 147 Å². The average Bonchev–Trinajstić information content (AvgIpc) is 3.38. The largest absolute Gasteiger partial charge is 0.309 e. The number of anilines is 1. The van der Waals surface area contributed by atoms with Gasteiger partial charge < -0.3 is 4.90 Å². The lowest BCUT2D eigenvalue weighted by atomic mass is 10.2. The van der Waals surface area contributed by atoms with Crippen LogP contribution in [0.2, 0.25) is 0 Å². The highest BCUT2D eigenvalue weighted by Crippen LogP contribution is 2.28. The first kappa shape index (κ1) is 15.1. The molecule has 25 heavy (non-hydrogen) atoms. The molecule has 0 bridgehead atoms. The first-order valence-corrected chi connectivity index (χ1v) is 9.40. The van der Waals surface area contributed by atoms with Crippen molar-refractivity contribution in [3.05, 3.63) is 29.3 Å². The number of hydrogen-bond acceptors (Lipinski definition) is 4. The number of hydrogen-bond donors (Lipinski definition) is 1. The summed E-state index contributed by atoms with van der Waals surface area (Å²) in [6.45, 7) is 3.83. The van der Waals surface area contributed by atoms with Crippen LogP contribution in [0, 0.1) is 0 Å². The minimum Gasteiger partial charge on any atom is -0.309 e. The van der Waals surface area contributed by atoms with E-state index in [4.69, 9.17) is 0 Å². The van der Waals surface area contributed by atoms with Gasteiger partial charge in [0.25, 0.3) is 0 Å². The summed E-state index contributed by atoms with van der Waals surface area (Å²) in [4.78, 5) is 16.2. The standard InChI is InChI=1S/C18H24N6O/c25-18-5-2-7-23(18)14-9-19-24(11-14)13-6-8-22(10-13)12-17-15-3-1-4-16(15)20-21-17/h9,11,13H,1-8,10,12H2,(H,20,21). The van der Waals surface area contributed by atoms with Crippen LogP contribution in [0.1, 0.15) is 48.7 Å². The van der Waals surface area contributed by atoms with Gasteiger partial charge in [0, 0.05) is 44.5 Å². The molecule has 2 saturated heterocycles. The summed E-state index contributed by atoms with van der Waals surface area (Å²) < 4.78 is 2.05. The van der Waals surface area contributed by atoms with E-state index in [2.05, 4.69) is 24.9 Å². The quantitative estimate of drug-likeness (QED) is 0.919. The lowest BCUT2D eigenvalue weighted by Gasteiger charge is -2.16. The first-order chi connectivity index (χ1) is 12.3. The Morgan fingerprint density at radius 1 is 1.20 bits per heavy atom. The number of rotatable bonds is 4. The molecule has 1 N–H and O–H groups in total. The number of amides is 1. The molecule has 0 saturated carbocycles. The van der Waals surface area contributed by atoms with Gasteiger partial charge in [-0.05, 0) is 37.7 Å². The first-order valence-electron chi connectivity index (χ1n) is 9.40. The highest BCUT2D eigenvalue weighted by Gasteiger charge is 2.28. The molecule has 2 aromatic rings. The Balaban J connectivity index is 1.25. The van der Waals surface area contributed by atoms with Crippen molar-refractivity contribution in [2.45, 2.75) is 51.1 Å². The van der Waals surface area contributed by atoms with Gasteiger partial charge in [0.05, 0.1) is 23.6 Å². The third-order valence-corrected chi connectivity index (χ3v) is 5.86. The molecule has 0 aromatic carbocycles. The second-order valence-electron chi connectivity index (χ2n) is 7.49. The number of aromatic amines is 1. The Bertz CT molecular complexity index is 793. The van der Waals surface area contributed by atoms with Crippen LogP contribution < -0.4 is 4.90 Å². The summed E-state index contributed by atoms with van der Waals surface area (Å²) in [5.41, 5.74) is 4.98. The number of likely N-dealkylation sites (tertiary alicyclic amines) is 1. The number of aryl methyl sites for hydroxylation is 1. The van der Waals surface area contributed by atoms with Crippen molar-refractivity contribution in [1.29, 1.82) is 0 Å². The average molecular weight is 340 g/mol. The number of carbonyl (C=O) groups is 1. The molecule has 3 aliphatic rings. The Morgan fingerprint density at radius 2 is 2.16 bits per heavy atom. The molecule has 1 aliphatic carbocycles. The molecule has 132 valence electrons. The van der Waals surface area contributed by atoms with Gasteiger partial charge in [0.1, 0.15) is 0 Å². The van der Waals surface area contributed by atoms with Crippen LogP contribution in [-0.2, 0) is 24.2 Å². The van der Waals surface area contributed by atoms with Gasteiger partial charge in [-0.25, -0.2) is 0 Å². The molecule has 4 heterocycles. The smallest absolute Gasteiger partial charge is 0.227 e. The molecule has 2 aromatic heterocycles. The monoisotopic (exact) mass is 340 g/mol. The SMILES string of the molecule is O=C1CCCN1c1cnn(C2CCN(Cc3n[nH]c4c3CCC4)C2)c1. The summed E-state index contributed by atoms with van der Waals surface area (Å²) in [6.07, 6.45) is 10.2. The number of carbonyl (C=O) groups excluding carboxylic acids is 1. The van der Waals surface area contributed by atoms with Gasteiger partial charge in [-0.1, -0.05) is 0 Å². The second kappa shape index (κ2) is 5.98. The summed E-state index contributed by atoms with van der Waals surface area (Å²) >= 11 is 0. The van der Waals surface area contributed by atoms with Crippen LogP contribution in [0.5, 0.6) is 0 Å². The van der Waals surface area contributed by atoms with Crippen molar-refractivity contribution in [2.24, 2.45) is 0 Å². The van der Waals surface area contributed by atoms with Crippen molar-refractivity contribution >= 4 is 11.6 Å².